The molecule has 1 aliphatic rings. The molecule has 1 fully saturated rings. The van der Waals surface area contributed by atoms with Crippen molar-refractivity contribution >= 4 is 11.9 Å². The summed E-state index contributed by atoms with van der Waals surface area (Å²) in [6, 6.07) is 16.5. The molecule has 0 aliphatic carbocycles. The third-order valence-electron chi connectivity index (χ3n) is 4.52. The number of Topliss-reactive ketones (excluding diaryl/α,β-unsaturated/α-hetero) is 1. The summed E-state index contributed by atoms with van der Waals surface area (Å²) in [7, 11) is 1.59. The second kappa shape index (κ2) is 7.38. The first kappa shape index (κ1) is 17.0. The number of methoxy groups -OCH3 is 1. The van der Waals surface area contributed by atoms with Crippen molar-refractivity contribution in [3.8, 4) is 5.75 Å². The zero-order chi connectivity index (χ0) is 17.8. The molecule has 0 aromatic heterocycles. The average Bonchev–Trinajstić information content (AvgIpc) is 2.97. The van der Waals surface area contributed by atoms with Crippen LogP contribution in [0.4, 0.5) is 4.79 Å². The van der Waals surface area contributed by atoms with Crippen LogP contribution in [0.1, 0.15) is 35.2 Å². The van der Waals surface area contributed by atoms with E-state index in [0.717, 1.165) is 5.56 Å². The molecule has 2 aromatic rings. The fourth-order valence-corrected chi connectivity index (χ4v) is 3.17. The van der Waals surface area contributed by atoms with Crippen molar-refractivity contribution in [3.05, 3.63) is 65.7 Å². The molecule has 1 N–H and O–H groups in total. The largest absolute Gasteiger partial charge is 0.496 e. The van der Waals surface area contributed by atoms with E-state index in [0.29, 0.717) is 17.7 Å². The lowest BCUT2D eigenvalue weighted by Crippen LogP contribution is -2.30. The van der Waals surface area contributed by atoms with Crippen LogP contribution in [-0.2, 0) is 4.74 Å². The van der Waals surface area contributed by atoms with E-state index in [1.54, 1.807) is 19.2 Å². The quantitative estimate of drug-likeness (QED) is 0.818. The molecule has 3 rings (SSSR count). The fourth-order valence-electron chi connectivity index (χ4n) is 3.17. The molecule has 0 saturated carbocycles. The van der Waals surface area contributed by atoms with E-state index in [9.17, 15) is 9.59 Å². The average molecular weight is 339 g/mol. The molecule has 5 nitrogen and oxygen atoms in total. The highest BCUT2D eigenvalue weighted by atomic mass is 16.6. The van der Waals surface area contributed by atoms with Crippen molar-refractivity contribution in [1.82, 2.24) is 5.32 Å². The number of ketones is 1. The summed E-state index contributed by atoms with van der Waals surface area (Å²) >= 11 is 0. The number of amides is 1. The molecular weight excluding hydrogens is 318 g/mol. The Morgan fingerprint density at radius 2 is 1.84 bits per heavy atom. The second-order valence-electron chi connectivity index (χ2n) is 6.14. The number of hydrogen-bond donors (Lipinski definition) is 1. The lowest BCUT2D eigenvalue weighted by atomic mass is 9.84. The van der Waals surface area contributed by atoms with Crippen LogP contribution in [0, 0.1) is 0 Å². The minimum absolute atomic E-state index is 0.0137. The van der Waals surface area contributed by atoms with Crippen LogP contribution in [0.3, 0.4) is 0 Å². The summed E-state index contributed by atoms with van der Waals surface area (Å²) in [4.78, 5) is 24.7. The van der Waals surface area contributed by atoms with Gasteiger partial charge in [-0.25, -0.2) is 4.79 Å². The van der Waals surface area contributed by atoms with Gasteiger partial charge in [0.15, 0.2) is 5.78 Å². The summed E-state index contributed by atoms with van der Waals surface area (Å²) < 4.78 is 10.8. The number of ether oxygens (including phenoxy) is 2. The molecule has 2 aromatic carbocycles. The van der Waals surface area contributed by atoms with Crippen LogP contribution < -0.4 is 10.1 Å². The normalized spacial score (nSPS) is 20.5. The van der Waals surface area contributed by atoms with Crippen LogP contribution in [0.5, 0.6) is 5.75 Å². The van der Waals surface area contributed by atoms with E-state index < -0.39 is 12.0 Å². The molecule has 1 aliphatic heterocycles. The van der Waals surface area contributed by atoms with E-state index >= 15 is 0 Å². The lowest BCUT2D eigenvalue weighted by molar-refractivity contribution is 0.0883. The highest BCUT2D eigenvalue weighted by molar-refractivity contribution is 6.01. The zero-order valence-corrected chi connectivity index (χ0v) is 14.3. The number of carbonyl (C=O) groups is 2. The first-order valence-corrected chi connectivity index (χ1v) is 8.29. The van der Waals surface area contributed by atoms with Gasteiger partial charge in [0.2, 0.25) is 0 Å². The number of rotatable bonds is 6. The molecule has 1 saturated heterocycles. The topological polar surface area (TPSA) is 64.6 Å². The van der Waals surface area contributed by atoms with E-state index in [4.69, 9.17) is 9.47 Å². The van der Waals surface area contributed by atoms with Gasteiger partial charge in [-0.3, -0.25) is 4.79 Å². The van der Waals surface area contributed by atoms with Gasteiger partial charge in [-0.15, -0.1) is 0 Å². The maximum atomic E-state index is 13.2. The first-order valence-electron chi connectivity index (χ1n) is 8.29. The molecule has 0 bridgehead atoms. The third kappa shape index (κ3) is 3.65. The maximum Gasteiger partial charge on any atom is 0.407 e. The summed E-state index contributed by atoms with van der Waals surface area (Å²) in [6.45, 7) is 1.88. The smallest absolute Gasteiger partial charge is 0.407 e. The Balaban J connectivity index is 1.96. The first-order chi connectivity index (χ1) is 12.1. The minimum Gasteiger partial charge on any atom is -0.496 e. The monoisotopic (exact) mass is 339 g/mol. The highest BCUT2D eigenvalue weighted by Crippen LogP contribution is 2.34. The predicted octanol–water partition coefficient (Wildman–Crippen LogP) is 3.55. The highest BCUT2D eigenvalue weighted by Gasteiger charge is 2.36. The van der Waals surface area contributed by atoms with Gasteiger partial charge < -0.3 is 14.8 Å². The molecule has 3 atom stereocenters. The van der Waals surface area contributed by atoms with Gasteiger partial charge in [0.25, 0.3) is 0 Å². The second-order valence-corrected chi connectivity index (χ2v) is 6.14. The number of cyclic esters (lactones) is 1. The van der Waals surface area contributed by atoms with Crippen molar-refractivity contribution in [3.63, 3.8) is 0 Å². The molecule has 0 spiro atoms. The number of nitrogens with one attached hydrogen (secondary N) is 1. The van der Waals surface area contributed by atoms with E-state index in [1.165, 1.54) is 0 Å². The molecule has 25 heavy (non-hydrogen) atoms. The summed E-state index contributed by atoms with van der Waals surface area (Å²) in [5.74, 6) is 0.181. The Hall–Kier alpha value is -2.82. The van der Waals surface area contributed by atoms with Crippen molar-refractivity contribution in [1.29, 1.82) is 0 Å². The third-order valence-corrected chi connectivity index (χ3v) is 4.52. The van der Waals surface area contributed by atoms with E-state index in [-0.39, 0.29) is 17.9 Å². The summed E-state index contributed by atoms with van der Waals surface area (Å²) in [6.07, 6.45) is -0.410. The van der Waals surface area contributed by atoms with Crippen molar-refractivity contribution in [2.24, 2.45) is 0 Å². The van der Waals surface area contributed by atoms with Gasteiger partial charge in [0.1, 0.15) is 11.9 Å². The van der Waals surface area contributed by atoms with Gasteiger partial charge in [0.05, 0.1) is 19.1 Å². The SMILES string of the molecule is COc1ccccc1[C@H](C[C@@H]1OC(=O)N[C@H]1C)C(=O)c1ccccc1. The molecule has 5 heteroatoms. The van der Waals surface area contributed by atoms with Crippen LogP contribution in [-0.4, -0.2) is 31.1 Å². The number of hydrogen-bond acceptors (Lipinski definition) is 4. The van der Waals surface area contributed by atoms with Crippen LogP contribution in [0.15, 0.2) is 54.6 Å². The number of alkyl carbamates (subject to hydrolysis) is 1. The van der Waals surface area contributed by atoms with E-state index in [2.05, 4.69) is 5.32 Å². The zero-order valence-electron chi connectivity index (χ0n) is 14.3. The summed E-state index contributed by atoms with van der Waals surface area (Å²) in [5, 5.41) is 2.73. The number of para-hydroxylation sites is 1. The Morgan fingerprint density at radius 1 is 1.16 bits per heavy atom. The molecule has 130 valence electrons. The standard InChI is InChI=1S/C20H21NO4/c1-13-18(25-20(23)21-13)12-16(15-10-6-7-11-17(15)24-2)19(22)14-8-4-3-5-9-14/h3-11,13,16,18H,12H2,1-2H3,(H,21,23)/t13-,16-,18-/m0/s1. The molecule has 0 unspecified atom stereocenters. The van der Waals surface area contributed by atoms with Gasteiger partial charge in [-0.1, -0.05) is 48.5 Å². The van der Waals surface area contributed by atoms with Crippen molar-refractivity contribution < 1.29 is 19.1 Å². The van der Waals surface area contributed by atoms with Gasteiger partial charge in [0, 0.05) is 17.5 Å². The van der Waals surface area contributed by atoms with Crippen LogP contribution in [0.2, 0.25) is 0 Å². The van der Waals surface area contributed by atoms with E-state index in [1.807, 2.05) is 49.4 Å². The predicted molar refractivity (Wildman–Crippen MR) is 94.0 cm³/mol. The minimum atomic E-state index is -0.460. The maximum absolute atomic E-state index is 13.2. The Kier molecular flexibility index (Phi) is 5.03. The Bertz CT molecular complexity index is 759. The molecular formula is C20H21NO4. The lowest BCUT2D eigenvalue weighted by Gasteiger charge is -2.22. The fraction of sp³-hybridized carbons (Fsp3) is 0.300. The number of benzene rings is 2. The van der Waals surface area contributed by atoms with Gasteiger partial charge in [-0.2, -0.15) is 0 Å². The van der Waals surface area contributed by atoms with Crippen molar-refractivity contribution in [2.75, 3.05) is 7.11 Å². The van der Waals surface area contributed by atoms with Gasteiger partial charge in [-0.05, 0) is 13.0 Å². The Labute approximate surface area is 147 Å². The molecule has 0 radical (unpaired) electrons. The van der Waals surface area contributed by atoms with Crippen molar-refractivity contribution in [2.45, 2.75) is 31.4 Å². The van der Waals surface area contributed by atoms with Crippen LogP contribution >= 0.6 is 0 Å². The Morgan fingerprint density at radius 3 is 2.48 bits per heavy atom. The molecule has 1 amide bonds. The van der Waals surface area contributed by atoms with Crippen LogP contribution in [0.25, 0.3) is 0 Å². The molecule has 1 heterocycles. The van der Waals surface area contributed by atoms with Gasteiger partial charge >= 0.3 is 6.09 Å². The summed E-state index contributed by atoms with van der Waals surface area (Å²) in [5.41, 5.74) is 1.43. The number of carbonyl (C=O) groups excluding carboxylic acids is 2.